The molecule has 2 aliphatic rings. The lowest BCUT2D eigenvalue weighted by atomic mass is 10.0. The van der Waals surface area contributed by atoms with Crippen LogP contribution in [0.1, 0.15) is 32.6 Å². The zero-order valence-electron chi connectivity index (χ0n) is 13.6. The average Bonchev–Trinajstić information content (AvgIpc) is 2.95. The molecule has 0 unspecified atom stereocenters. The number of hydrogen-bond acceptors (Lipinski definition) is 2. The summed E-state index contributed by atoms with van der Waals surface area (Å²) in [6.07, 6.45) is 3.79. The fourth-order valence-corrected chi connectivity index (χ4v) is 3.27. The van der Waals surface area contributed by atoms with E-state index in [2.05, 4.69) is 11.4 Å². The van der Waals surface area contributed by atoms with Gasteiger partial charge in [-0.05, 0) is 38.1 Å². The van der Waals surface area contributed by atoms with Crippen LogP contribution in [0.15, 0.2) is 12.2 Å². The van der Waals surface area contributed by atoms with Gasteiger partial charge in [0.15, 0.2) is 0 Å². The summed E-state index contributed by atoms with van der Waals surface area (Å²) >= 11 is 0. The molecule has 0 radical (unpaired) electrons. The summed E-state index contributed by atoms with van der Waals surface area (Å²) in [4.78, 5) is 15.4. The van der Waals surface area contributed by atoms with E-state index < -0.39 is 12.7 Å². The Morgan fingerprint density at radius 2 is 2.17 bits per heavy atom. The maximum atomic E-state index is 12.5. The highest BCUT2D eigenvalue weighted by Gasteiger charge is 2.33. The van der Waals surface area contributed by atoms with Crippen LogP contribution in [0.4, 0.5) is 18.0 Å². The normalized spacial score (nSPS) is 25.2. The standard InChI is InChI=1S/C16H26F3N3O/c1-2-21(12-16(17,18)19)10-13-8-9-22(11-13)15(23)20-14-6-4-3-5-7-14/h4,6,13-14H,2-3,5,7-12H2,1H3,(H,20,23)/t13-,14-/m0/s1. The summed E-state index contributed by atoms with van der Waals surface area (Å²) in [5.74, 6) is 0.116. The summed E-state index contributed by atoms with van der Waals surface area (Å²) in [6.45, 7) is 2.78. The molecule has 2 amide bonds. The Kier molecular flexibility index (Phi) is 6.33. The number of likely N-dealkylation sites (tertiary alicyclic amines) is 1. The smallest absolute Gasteiger partial charge is 0.332 e. The molecular weight excluding hydrogens is 307 g/mol. The van der Waals surface area contributed by atoms with E-state index in [9.17, 15) is 18.0 Å². The van der Waals surface area contributed by atoms with Gasteiger partial charge in [-0.25, -0.2) is 4.79 Å². The van der Waals surface area contributed by atoms with Crippen LogP contribution in [0.2, 0.25) is 0 Å². The third-order valence-electron chi connectivity index (χ3n) is 4.50. The highest BCUT2D eigenvalue weighted by atomic mass is 19.4. The van der Waals surface area contributed by atoms with Gasteiger partial charge in [0.2, 0.25) is 0 Å². The van der Waals surface area contributed by atoms with Gasteiger partial charge in [0.05, 0.1) is 6.54 Å². The molecule has 1 aliphatic carbocycles. The third kappa shape index (κ3) is 6.05. The van der Waals surface area contributed by atoms with E-state index in [0.717, 1.165) is 25.7 Å². The number of allylic oxidation sites excluding steroid dienone is 1. The van der Waals surface area contributed by atoms with E-state index in [1.54, 1.807) is 11.8 Å². The van der Waals surface area contributed by atoms with Crippen molar-refractivity contribution in [1.82, 2.24) is 15.1 Å². The van der Waals surface area contributed by atoms with E-state index in [-0.39, 0.29) is 18.0 Å². The Morgan fingerprint density at radius 3 is 2.78 bits per heavy atom. The highest BCUT2D eigenvalue weighted by Crippen LogP contribution is 2.21. The third-order valence-corrected chi connectivity index (χ3v) is 4.50. The van der Waals surface area contributed by atoms with E-state index in [1.807, 2.05) is 6.08 Å². The topological polar surface area (TPSA) is 35.6 Å². The molecule has 1 aliphatic heterocycles. The van der Waals surface area contributed by atoms with Crippen molar-refractivity contribution in [1.29, 1.82) is 0 Å². The second-order valence-electron chi connectivity index (χ2n) is 6.46. The molecule has 0 aromatic rings. The van der Waals surface area contributed by atoms with E-state index in [1.165, 1.54) is 4.90 Å². The Morgan fingerprint density at radius 1 is 1.39 bits per heavy atom. The van der Waals surface area contributed by atoms with Crippen LogP contribution in [0.3, 0.4) is 0 Å². The molecule has 0 aromatic heterocycles. The zero-order valence-corrected chi connectivity index (χ0v) is 13.6. The number of urea groups is 1. The lowest BCUT2D eigenvalue weighted by Gasteiger charge is -2.26. The number of nitrogens with one attached hydrogen (secondary N) is 1. The summed E-state index contributed by atoms with van der Waals surface area (Å²) in [5, 5.41) is 2.99. The van der Waals surface area contributed by atoms with Crippen molar-refractivity contribution in [3.63, 3.8) is 0 Å². The summed E-state index contributed by atoms with van der Waals surface area (Å²) in [7, 11) is 0. The first-order valence-electron chi connectivity index (χ1n) is 8.38. The van der Waals surface area contributed by atoms with Crippen LogP contribution in [0, 0.1) is 5.92 Å². The number of carbonyl (C=O) groups excluding carboxylic acids is 1. The number of alkyl halides is 3. The van der Waals surface area contributed by atoms with Crippen LogP contribution >= 0.6 is 0 Å². The summed E-state index contributed by atoms with van der Waals surface area (Å²) < 4.78 is 37.5. The molecule has 23 heavy (non-hydrogen) atoms. The minimum atomic E-state index is -4.17. The first-order chi connectivity index (χ1) is 10.9. The molecule has 1 saturated heterocycles. The summed E-state index contributed by atoms with van der Waals surface area (Å²) in [5.41, 5.74) is 0. The zero-order chi connectivity index (χ0) is 16.9. The fraction of sp³-hybridized carbons (Fsp3) is 0.812. The van der Waals surface area contributed by atoms with Crippen molar-refractivity contribution in [3.8, 4) is 0 Å². The highest BCUT2D eigenvalue weighted by molar-refractivity contribution is 5.75. The van der Waals surface area contributed by atoms with Crippen molar-refractivity contribution in [2.75, 3.05) is 32.7 Å². The van der Waals surface area contributed by atoms with Crippen molar-refractivity contribution in [2.24, 2.45) is 5.92 Å². The van der Waals surface area contributed by atoms with Crippen molar-refractivity contribution in [3.05, 3.63) is 12.2 Å². The molecule has 4 nitrogen and oxygen atoms in total. The average molecular weight is 333 g/mol. The number of halogens is 3. The maximum absolute atomic E-state index is 12.5. The van der Waals surface area contributed by atoms with Gasteiger partial charge in [0.25, 0.3) is 0 Å². The van der Waals surface area contributed by atoms with Crippen molar-refractivity contribution < 1.29 is 18.0 Å². The Labute approximate surface area is 135 Å². The second kappa shape index (κ2) is 8.04. The number of carbonyl (C=O) groups is 1. The molecule has 0 spiro atoms. The molecule has 7 heteroatoms. The van der Waals surface area contributed by atoms with Crippen molar-refractivity contribution >= 4 is 6.03 Å². The molecule has 1 heterocycles. The molecule has 2 atom stereocenters. The maximum Gasteiger partial charge on any atom is 0.401 e. The van der Waals surface area contributed by atoms with Gasteiger partial charge in [0.1, 0.15) is 0 Å². The predicted molar refractivity (Wildman–Crippen MR) is 83.2 cm³/mol. The Hall–Kier alpha value is -1.24. The molecule has 1 N–H and O–H groups in total. The largest absolute Gasteiger partial charge is 0.401 e. The second-order valence-corrected chi connectivity index (χ2v) is 6.46. The monoisotopic (exact) mass is 333 g/mol. The van der Waals surface area contributed by atoms with E-state index in [4.69, 9.17) is 0 Å². The molecule has 0 saturated carbocycles. The quantitative estimate of drug-likeness (QED) is 0.785. The first kappa shape index (κ1) is 18.1. The summed E-state index contributed by atoms with van der Waals surface area (Å²) in [6, 6.07) is -0.00408. The number of rotatable bonds is 5. The first-order valence-corrected chi connectivity index (χ1v) is 8.38. The van der Waals surface area contributed by atoms with E-state index >= 15 is 0 Å². The van der Waals surface area contributed by atoms with Gasteiger partial charge < -0.3 is 10.2 Å². The number of nitrogens with zero attached hydrogens (tertiary/aromatic N) is 2. The van der Waals surface area contributed by atoms with Gasteiger partial charge in [-0.15, -0.1) is 0 Å². The SMILES string of the molecule is CCN(C[C@@H]1CCN(C(=O)N[C@H]2C=CCCC2)C1)CC(F)(F)F. The van der Waals surface area contributed by atoms with Gasteiger partial charge in [-0.2, -0.15) is 13.2 Å². The minimum absolute atomic E-state index is 0.0904. The predicted octanol–water partition coefficient (Wildman–Crippen LogP) is 3.01. The lowest BCUT2D eigenvalue weighted by molar-refractivity contribution is -0.146. The van der Waals surface area contributed by atoms with Crippen LogP contribution < -0.4 is 5.32 Å². The molecule has 132 valence electrons. The van der Waals surface area contributed by atoms with Gasteiger partial charge in [0, 0.05) is 25.7 Å². The fourth-order valence-electron chi connectivity index (χ4n) is 3.27. The van der Waals surface area contributed by atoms with Gasteiger partial charge in [-0.3, -0.25) is 4.90 Å². The van der Waals surface area contributed by atoms with Gasteiger partial charge >= 0.3 is 12.2 Å². The number of amides is 2. The Bertz CT molecular complexity index is 425. The molecule has 1 fully saturated rings. The van der Waals surface area contributed by atoms with Crippen LogP contribution in [-0.4, -0.2) is 60.8 Å². The molecule has 0 bridgehead atoms. The van der Waals surface area contributed by atoms with Crippen molar-refractivity contribution in [2.45, 2.75) is 44.8 Å². The van der Waals surface area contributed by atoms with Gasteiger partial charge in [-0.1, -0.05) is 19.1 Å². The minimum Gasteiger partial charge on any atom is -0.332 e. The Balaban J connectivity index is 1.77. The van der Waals surface area contributed by atoms with E-state index in [0.29, 0.717) is 26.2 Å². The van der Waals surface area contributed by atoms with Crippen LogP contribution in [0.5, 0.6) is 0 Å². The number of hydrogen-bond donors (Lipinski definition) is 1. The molecular formula is C16H26F3N3O. The van der Waals surface area contributed by atoms with Crippen LogP contribution in [-0.2, 0) is 0 Å². The molecule has 0 aromatic carbocycles. The van der Waals surface area contributed by atoms with Crippen LogP contribution in [0.25, 0.3) is 0 Å². The molecule has 2 rings (SSSR count). The lowest BCUT2D eigenvalue weighted by Crippen LogP contribution is -2.44.